The Morgan fingerprint density at radius 2 is 1.74 bits per heavy atom. The lowest BCUT2D eigenvalue weighted by Gasteiger charge is -2.39. The van der Waals surface area contributed by atoms with E-state index in [4.69, 9.17) is 0 Å². The molecule has 1 aromatic heterocycles. The largest absolute Gasteiger partial charge is 0.488 e. The van der Waals surface area contributed by atoms with Crippen molar-refractivity contribution >= 4 is 24.4 Å². The minimum Gasteiger partial charge on any atom is -0.423 e. The molecular formula is C22H29BFN3O4. The number of nitrogens with zero attached hydrogens (tertiary/aromatic N) is 2. The monoisotopic (exact) mass is 429 g/mol. The van der Waals surface area contributed by atoms with Gasteiger partial charge in [-0.1, -0.05) is 33.8 Å². The van der Waals surface area contributed by atoms with Crippen molar-refractivity contribution in [1.29, 1.82) is 0 Å². The molecule has 2 rings (SSSR count). The van der Waals surface area contributed by atoms with Gasteiger partial charge < -0.3 is 10.0 Å². The van der Waals surface area contributed by atoms with Crippen molar-refractivity contribution in [3.8, 4) is 0 Å². The number of carbonyl (C=O) groups excluding carboxylic acids is 2. The van der Waals surface area contributed by atoms with Gasteiger partial charge in [-0.05, 0) is 55.4 Å². The molecule has 3 N–H and O–H groups in total. The third-order valence-electron chi connectivity index (χ3n) is 5.00. The van der Waals surface area contributed by atoms with Gasteiger partial charge in [0.05, 0.1) is 11.6 Å². The third kappa shape index (κ3) is 5.89. The molecule has 0 fully saturated rings. The summed E-state index contributed by atoms with van der Waals surface area (Å²) in [6.45, 7) is 11.3. The second-order valence-electron chi connectivity index (χ2n) is 8.66. The molecule has 2 amide bonds. The molecule has 0 spiro atoms. The van der Waals surface area contributed by atoms with Crippen molar-refractivity contribution in [2.24, 2.45) is 5.41 Å². The average Bonchev–Trinajstić information content (AvgIpc) is 2.65. The first kappa shape index (κ1) is 24.5. The zero-order valence-electron chi connectivity index (χ0n) is 18.7. The van der Waals surface area contributed by atoms with E-state index >= 15 is 0 Å². The van der Waals surface area contributed by atoms with Crippen LogP contribution in [-0.4, -0.2) is 45.0 Å². The number of halogens is 1. The SMILES string of the molecule is CC[C@@H](N(NC(=O)c1ccc(B(O)O)cc1F)C(=O)c1cc(C)nc(C)c1)C(C)(C)C. The summed E-state index contributed by atoms with van der Waals surface area (Å²) < 4.78 is 14.5. The van der Waals surface area contributed by atoms with Crippen molar-refractivity contribution in [2.45, 2.75) is 54.0 Å². The summed E-state index contributed by atoms with van der Waals surface area (Å²) in [7, 11) is -1.85. The van der Waals surface area contributed by atoms with Crippen molar-refractivity contribution in [1.82, 2.24) is 15.4 Å². The molecule has 1 aromatic carbocycles. The Labute approximate surface area is 182 Å². The van der Waals surface area contributed by atoms with Crippen LogP contribution in [0.15, 0.2) is 30.3 Å². The number of hydrogen-bond acceptors (Lipinski definition) is 5. The van der Waals surface area contributed by atoms with Gasteiger partial charge in [0.1, 0.15) is 5.82 Å². The Balaban J connectivity index is 2.46. The van der Waals surface area contributed by atoms with E-state index in [-0.39, 0.29) is 22.5 Å². The first-order chi connectivity index (χ1) is 14.3. The number of hydrazine groups is 1. The van der Waals surface area contributed by atoms with E-state index in [1.807, 2.05) is 27.7 Å². The Bertz CT molecular complexity index is 955. The summed E-state index contributed by atoms with van der Waals surface area (Å²) in [6.07, 6.45) is 0.552. The lowest BCUT2D eigenvalue weighted by Crippen LogP contribution is -2.56. The van der Waals surface area contributed by atoms with Gasteiger partial charge in [0.25, 0.3) is 11.8 Å². The van der Waals surface area contributed by atoms with Crippen molar-refractivity contribution in [2.75, 3.05) is 0 Å². The molecule has 1 atom stereocenters. The van der Waals surface area contributed by atoms with Gasteiger partial charge in [0.15, 0.2) is 0 Å². The number of pyridine rings is 1. The number of aryl methyl sites for hydroxylation is 2. The van der Waals surface area contributed by atoms with Gasteiger partial charge in [-0.25, -0.2) is 9.40 Å². The number of nitrogens with one attached hydrogen (secondary N) is 1. The van der Waals surface area contributed by atoms with E-state index in [0.717, 1.165) is 12.1 Å². The molecule has 0 aliphatic heterocycles. The van der Waals surface area contributed by atoms with E-state index in [9.17, 15) is 24.0 Å². The molecule has 0 aliphatic carbocycles. The molecule has 9 heteroatoms. The second kappa shape index (κ2) is 9.57. The molecule has 31 heavy (non-hydrogen) atoms. The molecule has 2 aromatic rings. The highest BCUT2D eigenvalue weighted by atomic mass is 19.1. The van der Waals surface area contributed by atoms with Gasteiger partial charge in [-0.3, -0.25) is 20.0 Å². The fraction of sp³-hybridized carbons (Fsp3) is 0.409. The Hall–Kier alpha value is -2.78. The first-order valence-corrected chi connectivity index (χ1v) is 10.1. The summed E-state index contributed by atoms with van der Waals surface area (Å²) in [5.74, 6) is -2.16. The van der Waals surface area contributed by atoms with E-state index in [1.54, 1.807) is 26.0 Å². The van der Waals surface area contributed by atoms with Crippen LogP contribution in [0.2, 0.25) is 0 Å². The van der Waals surface area contributed by atoms with Gasteiger partial charge in [0, 0.05) is 17.0 Å². The maximum absolute atomic E-state index is 14.5. The maximum atomic E-state index is 14.5. The maximum Gasteiger partial charge on any atom is 0.488 e. The van der Waals surface area contributed by atoms with Gasteiger partial charge in [0.2, 0.25) is 0 Å². The fourth-order valence-electron chi connectivity index (χ4n) is 3.60. The molecule has 0 bridgehead atoms. The molecule has 0 saturated heterocycles. The minimum atomic E-state index is -1.85. The average molecular weight is 429 g/mol. The highest BCUT2D eigenvalue weighted by Crippen LogP contribution is 2.27. The molecular weight excluding hydrogens is 400 g/mol. The number of rotatable bonds is 5. The van der Waals surface area contributed by atoms with E-state index in [1.165, 1.54) is 11.1 Å². The number of hydrogen-bond donors (Lipinski definition) is 3. The number of benzene rings is 1. The normalized spacial score (nSPS) is 12.3. The van der Waals surface area contributed by atoms with Crippen molar-refractivity contribution in [3.63, 3.8) is 0 Å². The van der Waals surface area contributed by atoms with E-state index < -0.39 is 24.7 Å². The van der Waals surface area contributed by atoms with Crippen LogP contribution in [0.4, 0.5) is 4.39 Å². The molecule has 0 radical (unpaired) electrons. The van der Waals surface area contributed by atoms with Gasteiger partial charge in [-0.2, -0.15) is 0 Å². The summed E-state index contributed by atoms with van der Waals surface area (Å²) in [6, 6.07) is 6.18. The third-order valence-corrected chi connectivity index (χ3v) is 5.00. The Morgan fingerprint density at radius 3 is 2.19 bits per heavy atom. The Kier molecular flexibility index (Phi) is 7.56. The number of amides is 2. The van der Waals surface area contributed by atoms with Gasteiger partial charge in [-0.15, -0.1) is 0 Å². The predicted octanol–water partition coefficient (Wildman–Crippen LogP) is 2.13. The van der Waals surface area contributed by atoms with Crippen molar-refractivity contribution in [3.05, 3.63) is 58.7 Å². The smallest absolute Gasteiger partial charge is 0.423 e. The standard InChI is InChI=1S/C22H29BFN3O4/c1-7-19(22(4,5)6)27(21(29)15-10-13(2)25-14(3)11-15)26-20(28)17-9-8-16(23(30)31)12-18(17)24/h8-12,19,30-31H,7H2,1-6H3,(H,26,28)/t19-/m1/s1. The topological polar surface area (TPSA) is 103 Å². The number of carbonyl (C=O) groups is 2. The summed E-state index contributed by atoms with van der Waals surface area (Å²) in [4.78, 5) is 30.6. The predicted molar refractivity (Wildman–Crippen MR) is 117 cm³/mol. The molecule has 7 nitrogen and oxygen atoms in total. The summed E-state index contributed by atoms with van der Waals surface area (Å²) in [5, 5.41) is 19.6. The fourth-order valence-corrected chi connectivity index (χ4v) is 3.60. The second-order valence-corrected chi connectivity index (χ2v) is 8.66. The van der Waals surface area contributed by atoms with Crippen LogP contribution in [0.5, 0.6) is 0 Å². The Morgan fingerprint density at radius 1 is 1.16 bits per heavy atom. The molecule has 0 unspecified atom stereocenters. The summed E-state index contributed by atoms with van der Waals surface area (Å²) in [5.41, 5.74) is 3.52. The first-order valence-electron chi connectivity index (χ1n) is 10.1. The van der Waals surface area contributed by atoms with Crippen LogP contribution in [-0.2, 0) is 0 Å². The van der Waals surface area contributed by atoms with E-state index in [0.29, 0.717) is 23.4 Å². The molecule has 1 heterocycles. The van der Waals surface area contributed by atoms with Gasteiger partial charge >= 0.3 is 7.12 Å². The van der Waals surface area contributed by atoms with Crippen molar-refractivity contribution < 1.29 is 24.0 Å². The van der Waals surface area contributed by atoms with E-state index in [2.05, 4.69) is 10.4 Å². The van der Waals surface area contributed by atoms with Crippen LogP contribution < -0.4 is 10.9 Å². The lowest BCUT2D eigenvalue weighted by atomic mass is 9.80. The zero-order chi connectivity index (χ0) is 23.5. The number of aromatic nitrogens is 1. The minimum absolute atomic E-state index is 0.0779. The highest BCUT2D eigenvalue weighted by Gasteiger charge is 2.35. The van der Waals surface area contributed by atoms with Crippen LogP contribution in [0.3, 0.4) is 0 Å². The molecule has 0 saturated carbocycles. The highest BCUT2D eigenvalue weighted by molar-refractivity contribution is 6.58. The van der Waals surface area contributed by atoms with Crippen LogP contribution in [0.25, 0.3) is 0 Å². The van der Waals surface area contributed by atoms with Crippen LogP contribution >= 0.6 is 0 Å². The summed E-state index contributed by atoms with van der Waals surface area (Å²) >= 11 is 0. The quantitative estimate of drug-likeness (QED) is 0.499. The molecule has 166 valence electrons. The molecule has 0 aliphatic rings. The van der Waals surface area contributed by atoms with Crippen LogP contribution in [0, 0.1) is 25.1 Å². The lowest BCUT2D eigenvalue weighted by molar-refractivity contribution is 0.0283. The van der Waals surface area contributed by atoms with Crippen LogP contribution in [0.1, 0.15) is 66.2 Å². The zero-order valence-corrected chi connectivity index (χ0v) is 18.7.